The molecule has 1 rings (SSSR count). The van der Waals surface area contributed by atoms with Crippen LogP contribution in [0.4, 0.5) is 0 Å². The fourth-order valence-corrected chi connectivity index (χ4v) is 1.73. The van der Waals surface area contributed by atoms with Crippen LogP contribution in [0.15, 0.2) is 24.3 Å². The molecular formula is C14H18Cl2N2O2. The Labute approximate surface area is 128 Å². The summed E-state index contributed by atoms with van der Waals surface area (Å²) in [5.74, 6) is -0.282. The molecule has 2 amide bonds. The predicted molar refractivity (Wildman–Crippen MR) is 81.1 cm³/mol. The minimum Gasteiger partial charge on any atom is -0.354 e. The number of hydrogen-bond acceptors (Lipinski definition) is 2. The first-order valence-corrected chi connectivity index (χ1v) is 7.23. The fraction of sp³-hybridized carbons (Fsp3) is 0.429. The highest BCUT2D eigenvalue weighted by molar-refractivity contribution is 6.30. The quantitative estimate of drug-likeness (QED) is 0.598. The van der Waals surface area contributed by atoms with Crippen LogP contribution >= 0.6 is 23.2 Å². The van der Waals surface area contributed by atoms with Gasteiger partial charge in [0.05, 0.1) is 0 Å². The van der Waals surface area contributed by atoms with Gasteiger partial charge in [0.15, 0.2) is 0 Å². The molecule has 0 bridgehead atoms. The van der Waals surface area contributed by atoms with Crippen molar-refractivity contribution in [2.75, 3.05) is 13.1 Å². The Kier molecular flexibility index (Phi) is 7.41. The summed E-state index contributed by atoms with van der Waals surface area (Å²) >= 11 is 11.4. The van der Waals surface area contributed by atoms with E-state index in [2.05, 4.69) is 10.6 Å². The molecule has 1 unspecified atom stereocenters. The first-order chi connectivity index (χ1) is 9.49. The third kappa shape index (κ3) is 6.78. The normalized spacial score (nSPS) is 11.8. The maximum atomic E-state index is 11.6. The van der Waals surface area contributed by atoms with Crippen molar-refractivity contribution in [2.45, 2.75) is 25.1 Å². The molecule has 2 N–H and O–H groups in total. The number of benzene rings is 1. The molecule has 0 aliphatic carbocycles. The zero-order chi connectivity index (χ0) is 15.0. The van der Waals surface area contributed by atoms with Crippen LogP contribution in [0, 0.1) is 0 Å². The average molecular weight is 317 g/mol. The molecule has 0 aliphatic heterocycles. The standard InChI is InChI=1S/C14H18Cl2N2O2/c1-10(15)14(20)18-9-8-17-13(19)7-4-11-2-5-12(16)6-3-11/h2-3,5-6,10H,4,7-9H2,1H3,(H,17,19)(H,18,20). The van der Waals surface area contributed by atoms with E-state index in [1.807, 2.05) is 12.1 Å². The third-order valence-corrected chi connectivity index (χ3v) is 3.11. The average Bonchev–Trinajstić information content (AvgIpc) is 2.42. The first kappa shape index (κ1) is 16.8. The van der Waals surface area contributed by atoms with Gasteiger partial charge in [-0.2, -0.15) is 0 Å². The molecule has 0 aliphatic rings. The van der Waals surface area contributed by atoms with Crippen LogP contribution in [0.1, 0.15) is 18.9 Å². The lowest BCUT2D eigenvalue weighted by Crippen LogP contribution is -2.37. The van der Waals surface area contributed by atoms with E-state index in [1.165, 1.54) is 0 Å². The molecule has 20 heavy (non-hydrogen) atoms. The summed E-state index contributed by atoms with van der Waals surface area (Å²) in [4.78, 5) is 22.7. The summed E-state index contributed by atoms with van der Waals surface area (Å²) in [5.41, 5.74) is 1.06. The number of aryl methyl sites for hydroxylation is 1. The van der Waals surface area contributed by atoms with E-state index in [0.29, 0.717) is 31.0 Å². The highest BCUT2D eigenvalue weighted by Crippen LogP contribution is 2.10. The van der Waals surface area contributed by atoms with E-state index in [9.17, 15) is 9.59 Å². The minimum atomic E-state index is -0.560. The zero-order valence-corrected chi connectivity index (χ0v) is 12.8. The molecule has 6 heteroatoms. The van der Waals surface area contributed by atoms with Crippen LogP contribution in [0.2, 0.25) is 5.02 Å². The van der Waals surface area contributed by atoms with Crippen molar-refractivity contribution in [1.29, 1.82) is 0 Å². The van der Waals surface area contributed by atoms with Gasteiger partial charge in [-0.25, -0.2) is 0 Å². The van der Waals surface area contributed by atoms with Gasteiger partial charge in [0, 0.05) is 24.5 Å². The molecule has 1 atom stereocenters. The Morgan fingerprint density at radius 3 is 2.35 bits per heavy atom. The van der Waals surface area contributed by atoms with Crippen LogP contribution in [0.3, 0.4) is 0 Å². The lowest BCUT2D eigenvalue weighted by Gasteiger charge is -2.08. The highest BCUT2D eigenvalue weighted by atomic mass is 35.5. The number of hydrogen-bond donors (Lipinski definition) is 2. The molecular weight excluding hydrogens is 299 g/mol. The van der Waals surface area contributed by atoms with Crippen LogP contribution in [0.5, 0.6) is 0 Å². The lowest BCUT2D eigenvalue weighted by atomic mass is 10.1. The maximum Gasteiger partial charge on any atom is 0.237 e. The Morgan fingerprint density at radius 1 is 1.15 bits per heavy atom. The second-order valence-corrected chi connectivity index (χ2v) is 5.47. The van der Waals surface area contributed by atoms with Gasteiger partial charge in [0.2, 0.25) is 11.8 Å². The predicted octanol–water partition coefficient (Wildman–Crippen LogP) is 2.13. The Bertz CT molecular complexity index is 447. The smallest absolute Gasteiger partial charge is 0.237 e. The van der Waals surface area contributed by atoms with Gasteiger partial charge in [-0.05, 0) is 31.0 Å². The zero-order valence-electron chi connectivity index (χ0n) is 11.3. The van der Waals surface area contributed by atoms with E-state index in [-0.39, 0.29) is 11.8 Å². The monoisotopic (exact) mass is 316 g/mol. The van der Waals surface area contributed by atoms with Gasteiger partial charge >= 0.3 is 0 Å². The SMILES string of the molecule is CC(Cl)C(=O)NCCNC(=O)CCc1ccc(Cl)cc1. The van der Waals surface area contributed by atoms with E-state index in [0.717, 1.165) is 5.56 Å². The van der Waals surface area contributed by atoms with Gasteiger partial charge in [-0.3, -0.25) is 9.59 Å². The van der Waals surface area contributed by atoms with E-state index in [4.69, 9.17) is 23.2 Å². The topological polar surface area (TPSA) is 58.2 Å². The highest BCUT2D eigenvalue weighted by Gasteiger charge is 2.07. The Hall–Kier alpha value is -1.26. The number of rotatable bonds is 7. The Morgan fingerprint density at radius 2 is 1.75 bits per heavy atom. The van der Waals surface area contributed by atoms with Crippen LogP contribution < -0.4 is 10.6 Å². The van der Waals surface area contributed by atoms with E-state index < -0.39 is 5.38 Å². The van der Waals surface area contributed by atoms with Crippen molar-refractivity contribution >= 4 is 35.0 Å². The number of alkyl halides is 1. The van der Waals surface area contributed by atoms with Crippen molar-refractivity contribution < 1.29 is 9.59 Å². The van der Waals surface area contributed by atoms with Gasteiger partial charge < -0.3 is 10.6 Å². The minimum absolute atomic E-state index is 0.0480. The molecule has 0 aromatic heterocycles. The van der Waals surface area contributed by atoms with Crippen molar-refractivity contribution in [3.8, 4) is 0 Å². The van der Waals surface area contributed by atoms with Crippen molar-refractivity contribution in [2.24, 2.45) is 0 Å². The van der Waals surface area contributed by atoms with E-state index in [1.54, 1.807) is 19.1 Å². The number of nitrogens with one attached hydrogen (secondary N) is 2. The van der Waals surface area contributed by atoms with Crippen LogP contribution in [-0.2, 0) is 16.0 Å². The molecule has 110 valence electrons. The number of halogens is 2. The molecule has 0 saturated heterocycles. The molecule has 0 radical (unpaired) electrons. The molecule has 0 fully saturated rings. The second-order valence-electron chi connectivity index (χ2n) is 4.38. The summed E-state index contributed by atoms with van der Waals surface area (Å²) in [5, 5.41) is 5.48. The van der Waals surface area contributed by atoms with Gasteiger partial charge in [-0.1, -0.05) is 23.7 Å². The number of carbonyl (C=O) groups excluding carboxylic acids is 2. The van der Waals surface area contributed by atoms with Gasteiger partial charge in [0.1, 0.15) is 5.38 Å². The summed E-state index contributed by atoms with van der Waals surface area (Å²) < 4.78 is 0. The summed E-state index contributed by atoms with van der Waals surface area (Å²) in [6.07, 6.45) is 1.07. The molecule has 4 nitrogen and oxygen atoms in total. The molecule has 0 spiro atoms. The third-order valence-electron chi connectivity index (χ3n) is 2.66. The van der Waals surface area contributed by atoms with Crippen molar-refractivity contribution in [1.82, 2.24) is 10.6 Å². The van der Waals surface area contributed by atoms with Crippen molar-refractivity contribution in [3.05, 3.63) is 34.9 Å². The second kappa shape index (κ2) is 8.82. The van der Waals surface area contributed by atoms with E-state index >= 15 is 0 Å². The number of carbonyl (C=O) groups is 2. The number of amides is 2. The fourth-order valence-electron chi connectivity index (χ4n) is 1.53. The lowest BCUT2D eigenvalue weighted by molar-refractivity contribution is -0.122. The largest absolute Gasteiger partial charge is 0.354 e. The molecule has 0 saturated carbocycles. The van der Waals surface area contributed by atoms with Gasteiger partial charge in [-0.15, -0.1) is 11.6 Å². The van der Waals surface area contributed by atoms with Crippen molar-refractivity contribution in [3.63, 3.8) is 0 Å². The molecule has 1 aromatic carbocycles. The maximum absolute atomic E-state index is 11.6. The summed E-state index contributed by atoms with van der Waals surface area (Å²) in [6, 6.07) is 7.41. The van der Waals surface area contributed by atoms with Crippen LogP contribution in [0.25, 0.3) is 0 Å². The first-order valence-electron chi connectivity index (χ1n) is 6.42. The van der Waals surface area contributed by atoms with Gasteiger partial charge in [0.25, 0.3) is 0 Å². The summed E-state index contributed by atoms with van der Waals surface area (Å²) in [6.45, 7) is 2.37. The van der Waals surface area contributed by atoms with Crippen LogP contribution in [-0.4, -0.2) is 30.3 Å². The summed E-state index contributed by atoms with van der Waals surface area (Å²) in [7, 11) is 0. The molecule has 1 aromatic rings. The Balaban J connectivity index is 2.14. The molecule has 0 heterocycles.